The van der Waals surface area contributed by atoms with E-state index < -0.39 is 14.9 Å². The summed E-state index contributed by atoms with van der Waals surface area (Å²) in [6.07, 6.45) is 2.84. The molecule has 11 nitrogen and oxygen atoms in total. The van der Waals surface area contributed by atoms with Crippen LogP contribution in [0.3, 0.4) is 0 Å². The lowest BCUT2D eigenvalue weighted by Crippen LogP contribution is -2.49. The number of nitrogens with one attached hydrogen (secondary N) is 1. The summed E-state index contributed by atoms with van der Waals surface area (Å²) in [4.78, 5) is 12.2. The van der Waals surface area contributed by atoms with Crippen molar-refractivity contribution < 1.29 is 22.9 Å². The van der Waals surface area contributed by atoms with Crippen molar-refractivity contribution in [3.05, 3.63) is 52.5 Å². The quantitative estimate of drug-likeness (QED) is 0.363. The Morgan fingerprint density at radius 2 is 2.03 bits per heavy atom. The summed E-state index contributed by atoms with van der Waals surface area (Å²) >= 11 is 0. The maximum atomic E-state index is 13.2. The van der Waals surface area contributed by atoms with Gasteiger partial charge in [0, 0.05) is 44.9 Å². The molecule has 2 heterocycles. The molecule has 1 aromatic heterocycles. The monoisotopic (exact) mass is 423 g/mol. The smallest absolute Gasteiger partial charge is 0.270 e. The van der Waals surface area contributed by atoms with Crippen molar-refractivity contribution in [3.8, 4) is 0 Å². The first-order valence-corrected chi connectivity index (χ1v) is 10.3. The number of hydrazone groups is 1. The fourth-order valence-electron chi connectivity index (χ4n) is 2.93. The van der Waals surface area contributed by atoms with Gasteiger partial charge in [0.2, 0.25) is 10.0 Å². The number of hydrogen-bond acceptors (Lipinski definition) is 9. The van der Waals surface area contributed by atoms with E-state index >= 15 is 0 Å². The predicted octanol–water partition coefficient (Wildman–Crippen LogP) is 0.932. The number of aliphatic hydroxyl groups is 1. The van der Waals surface area contributed by atoms with Crippen molar-refractivity contribution in [1.29, 1.82) is 0 Å². The molecule has 0 unspecified atom stereocenters. The Hall–Kier alpha value is -2.80. The highest BCUT2D eigenvalue weighted by Gasteiger charge is 2.31. The third kappa shape index (κ3) is 4.98. The standard InChI is InChI=1S/C17H21N5O6S/c23-10-9-20-5-7-21(8-6-20)29(26,27)17-12-14(22(24)25)3-4-16(17)19-18-13-15-2-1-11-28-15/h1-4,11-13,19,23H,5-10H2/b18-13-. The molecule has 2 N–H and O–H groups in total. The van der Waals surface area contributed by atoms with Gasteiger partial charge in [0.15, 0.2) is 0 Å². The van der Waals surface area contributed by atoms with Gasteiger partial charge in [-0.15, -0.1) is 0 Å². The molecule has 1 aliphatic heterocycles. The van der Waals surface area contributed by atoms with E-state index in [1.165, 1.54) is 28.9 Å². The van der Waals surface area contributed by atoms with E-state index in [-0.39, 0.29) is 36.0 Å². The lowest BCUT2D eigenvalue weighted by Gasteiger charge is -2.33. The molecule has 0 radical (unpaired) electrons. The zero-order chi connectivity index (χ0) is 20.9. The minimum Gasteiger partial charge on any atom is -0.463 e. The van der Waals surface area contributed by atoms with Gasteiger partial charge in [0.05, 0.1) is 29.7 Å². The normalized spacial score (nSPS) is 16.3. The highest BCUT2D eigenvalue weighted by atomic mass is 32.2. The van der Waals surface area contributed by atoms with Gasteiger partial charge in [-0.25, -0.2) is 8.42 Å². The number of rotatable bonds is 8. The molecule has 1 fully saturated rings. The van der Waals surface area contributed by atoms with Crippen molar-refractivity contribution >= 4 is 27.6 Å². The van der Waals surface area contributed by atoms with Gasteiger partial charge in [0.1, 0.15) is 10.7 Å². The van der Waals surface area contributed by atoms with Crippen LogP contribution >= 0.6 is 0 Å². The van der Waals surface area contributed by atoms with Gasteiger partial charge in [0.25, 0.3) is 5.69 Å². The average molecular weight is 423 g/mol. The van der Waals surface area contributed by atoms with Crippen molar-refractivity contribution in [2.45, 2.75) is 4.90 Å². The fourth-order valence-corrected chi connectivity index (χ4v) is 4.52. The first-order valence-electron chi connectivity index (χ1n) is 8.86. The van der Waals surface area contributed by atoms with Gasteiger partial charge in [-0.05, 0) is 18.2 Å². The molecule has 2 aromatic rings. The number of hydrogen-bond donors (Lipinski definition) is 2. The van der Waals surface area contributed by atoms with Crippen LogP contribution in [-0.2, 0) is 10.0 Å². The molecule has 29 heavy (non-hydrogen) atoms. The molecular formula is C17H21N5O6S. The number of furan rings is 1. The zero-order valence-electron chi connectivity index (χ0n) is 15.5. The molecule has 0 atom stereocenters. The van der Waals surface area contributed by atoms with E-state index in [1.54, 1.807) is 12.1 Å². The van der Waals surface area contributed by atoms with Crippen LogP contribution in [0.2, 0.25) is 0 Å². The summed E-state index contributed by atoms with van der Waals surface area (Å²) in [6.45, 7) is 1.85. The van der Waals surface area contributed by atoms with Crippen LogP contribution in [0, 0.1) is 10.1 Å². The van der Waals surface area contributed by atoms with Crippen LogP contribution < -0.4 is 5.43 Å². The van der Waals surface area contributed by atoms with Gasteiger partial charge >= 0.3 is 0 Å². The van der Waals surface area contributed by atoms with E-state index in [2.05, 4.69) is 10.5 Å². The SMILES string of the molecule is O=[N+]([O-])c1ccc(N/N=C\c2ccco2)c(S(=O)(=O)N2CCN(CCO)CC2)c1. The Morgan fingerprint density at radius 3 is 2.66 bits per heavy atom. The van der Waals surface area contributed by atoms with Crippen LogP contribution in [0.4, 0.5) is 11.4 Å². The number of anilines is 1. The van der Waals surface area contributed by atoms with Crippen molar-refractivity contribution in [2.75, 3.05) is 44.8 Å². The summed E-state index contributed by atoms with van der Waals surface area (Å²) < 4.78 is 32.7. The van der Waals surface area contributed by atoms with Gasteiger partial charge < -0.3 is 9.52 Å². The Morgan fingerprint density at radius 1 is 1.28 bits per heavy atom. The molecule has 0 bridgehead atoms. The molecule has 0 amide bonds. The second kappa shape index (κ2) is 9.13. The molecular weight excluding hydrogens is 402 g/mol. The highest BCUT2D eigenvalue weighted by molar-refractivity contribution is 7.89. The second-order valence-corrected chi connectivity index (χ2v) is 8.20. The number of nitro groups is 1. The number of β-amino-alcohol motifs (C(OH)–C–C–N with tert-alkyl or cyclic N) is 1. The van der Waals surface area contributed by atoms with E-state index in [1.807, 2.05) is 4.90 Å². The summed E-state index contributed by atoms with van der Waals surface area (Å²) in [7, 11) is -3.99. The Labute approximate surface area is 167 Å². The first kappa shape index (κ1) is 20.9. The topological polar surface area (TPSA) is 142 Å². The molecule has 0 saturated carbocycles. The lowest BCUT2D eigenvalue weighted by atomic mass is 10.3. The van der Waals surface area contributed by atoms with E-state index in [0.29, 0.717) is 25.4 Å². The molecule has 0 aliphatic carbocycles. The lowest BCUT2D eigenvalue weighted by molar-refractivity contribution is -0.385. The fraction of sp³-hybridized carbons (Fsp3) is 0.353. The number of non-ortho nitro benzene ring substituents is 1. The maximum Gasteiger partial charge on any atom is 0.270 e. The van der Waals surface area contributed by atoms with Gasteiger partial charge in [-0.1, -0.05) is 0 Å². The summed E-state index contributed by atoms with van der Waals surface area (Å²) in [5.74, 6) is 0.462. The van der Waals surface area contributed by atoms with Gasteiger partial charge in [-0.3, -0.25) is 20.4 Å². The van der Waals surface area contributed by atoms with E-state index in [9.17, 15) is 18.5 Å². The molecule has 0 spiro atoms. The Kier molecular flexibility index (Phi) is 6.59. The third-order valence-electron chi connectivity index (χ3n) is 4.46. The van der Waals surface area contributed by atoms with Crippen LogP contribution in [0.5, 0.6) is 0 Å². The second-order valence-electron chi connectivity index (χ2n) is 6.29. The minimum absolute atomic E-state index is 0.000624. The maximum absolute atomic E-state index is 13.2. The number of benzene rings is 1. The predicted molar refractivity (Wildman–Crippen MR) is 105 cm³/mol. The number of nitro benzene ring substituents is 1. The van der Waals surface area contributed by atoms with E-state index in [0.717, 1.165) is 6.07 Å². The van der Waals surface area contributed by atoms with Crippen molar-refractivity contribution in [1.82, 2.24) is 9.21 Å². The first-order chi connectivity index (χ1) is 13.9. The molecule has 156 valence electrons. The minimum atomic E-state index is -3.99. The Balaban J connectivity index is 1.86. The summed E-state index contributed by atoms with van der Waals surface area (Å²) in [5, 5.41) is 24.1. The van der Waals surface area contributed by atoms with Crippen molar-refractivity contribution in [3.63, 3.8) is 0 Å². The zero-order valence-corrected chi connectivity index (χ0v) is 16.3. The van der Waals surface area contributed by atoms with Crippen molar-refractivity contribution in [2.24, 2.45) is 5.10 Å². The molecule has 1 aromatic carbocycles. The largest absolute Gasteiger partial charge is 0.463 e. The van der Waals surface area contributed by atoms with Crippen LogP contribution in [0.15, 0.2) is 51.0 Å². The summed E-state index contributed by atoms with van der Waals surface area (Å²) in [5.41, 5.74) is 2.42. The number of piperazine rings is 1. The van der Waals surface area contributed by atoms with Crippen LogP contribution in [-0.4, -0.2) is 73.2 Å². The van der Waals surface area contributed by atoms with Crippen LogP contribution in [0.25, 0.3) is 0 Å². The number of nitrogens with zero attached hydrogens (tertiary/aromatic N) is 4. The van der Waals surface area contributed by atoms with Gasteiger partial charge in [-0.2, -0.15) is 9.41 Å². The molecule has 1 aliphatic rings. The molecule has 12 heteroatoms. The Bertz CT molecular complexity index is 968. The summed E-state index contributed by atoms with van der Waals surface area (Å²) in [6, 6.07) is 6.90. The van der Waals surface area contributed by atoms with E-state index in [4.69, 9.17) is 9.52 Å². The number of aliphatic hydroxyl groups excluding tert-OH is 1. The molecule has 1 saturated heterocycles. The molecule has 3 rings (SSSR count). The average Bonchev–Trinajstić information content (AvgIpc) is 3.22. The van der Waals surface area contributed by atoms with Crippen LogP contribution in [0.1, 0.15) is 5.76 Å². The highest BCUT2D eigenvalue weighted by Crippen LogP contribution is 2.29. The number of sulfonamides is 1. The third-order valence-corrected chi connectivity index (χ3v) is 6.40.